The molecule has 0 spiro atoms. The molecule has 3 amide bonds. The van der Waals surface area contributed by atoms with Gasteiger partial charge < -0.3 is 24.4 Å². The van der Waals surface area contributed by atoms with Gasteiger partial charge in [0.25, 0.3) is 11.8 Å². The molecule has 2 heterocycles. The van der Waals surface area contributed by atoms with E-state index in [1.165, 1.54) is 19.1 Å². The Morgan fingerprint density at radius 1 is 1.03 bits per heavy atom. The van der Waals surface area contributed by atoms with Crippen LogP contribution in [0.1, 0.15) is 38.9 Å². The summed E-state index contributed by atoms with van der Waals surface area (Å²) in [6.45, 7) is 0.763. The summed E-state index contributed by atoms with van der Waals surface area (Å²) in [5.41, 5.74) is 1.78. The maximum atomic E-state index is 13.6. The Hall–Kier alpha value is -3.59. The molecule has 32 heavy (non-hydrogen) atoms. The summed E-state index contributed by atoms with van der Waals surface area (Å²) >= 11 is 0. The van der Waals surface area contributed by atoms with E-state index in [-0.39, 0.29) is 24.3 Å². The van der Waals surface area contributed by atoms with Crippen LogP contribution in [0.3, 0.4) is 0 Å². The van der Waals surface area contributed by atoms with Crippen LogP contribution < -0.4 is 19.7 Å². The van der Waals surface area contributed by atoms with Gasteiger partial charge in [-0.1, -0.05) is 18.2 Å². The normalized spacial score (nSPS) is 16.4. The van der Waals surface area contributed by atoms with Crippen molar-refractivity contribution < 1.29 is 28.6 Å². The van der Waals surface area contributed by atoms with E-state index >= 15 is 0 Å². The Bertz CT molecular complexity index is 1070. The smallest absolute Gasteiger partial charge is 0.264 e. The molecule has 168 valence electrons. The first-order valence-corrected chi connectivity index (χ1v) is 10.3. The summed E-state index contributed by atoms with van der Waals surface area (Å²) in [6.07, 6.45) is -0.100. The van der Waals surface area contributed by atoms with E-state index in [2.05, 4.69) is 5.32 Å². The third kappa shape index (κ3) is 3.44. The number of methoxy groups -OCH3 is 3. The summed E-state index contributed by atoms with van der Waals surface area (Å²) in [4.78, 5) is 42.6. The first-order valence-electron chi connectivity index (χ1n) is 10.3. The highest BCUT2D eigenvalue weighted by Gasteiger charge is 2.50. The fourth-order valence-electron chi connectivity index (χ4n) is 4.24. The van der Waals surface area contributed by atoms with E-state index in [0.29, 0.717) is 53.4 Å². The van der Waals surface area contributed by atoms with Gasteiger partial charge in [-0.3, -0.25) is 19.3 Å². The number of fused-ring (bicyclic) bond motifs is 5. The molecule has 2 aliphatic heterocycles. The molecule has 9 nitrogen and oxygen atoms in total. The number of hydrogen-bond donors (Lipinski definition) is 1. The lowest BCUT2D eigenvalue weighted by Crippen LogP contribution is -2.51. The molecule has 1 atom stereocenters. The third-order valence-corrected chi connectivity index (χ3v) is 5.64. The molecule has 0 bridgehead atoms. The highest BCUT2D eigenvalue weighted by atomic mass is 16.5. The van der Waals surface area contributed by atoms with Gasteiger partial charge in [-0.25, -0.2) is 0 Å². The molecule has 0 aliphatic carbocycles. The largest absolute Gasteiger partial charge is 0.493 e. The van der Waals surface area contributed by atoms with E-state index in [1.807, 2.05) is 0 Å². The third-order valence-electron chi connectivity index (χ3n) is 5.64. The Morgan fingerprint density at radius 2 is 1.81 bits per heavy atom. The first kappa shape index (κ1) is 21.6. The number of anilines is 1. The van der Waals surface area contributed by atoms with Crippen molar-refractivity contribution in [2.24, 2.45) is 0 Å². The average molecular weight is 439 g/mol. The minimum atomic E-state index is -0.760. The van der Waals surface area contributed by atoms with Gasteiger partial charge in [0.2, 0.25) is 5.91 Å². The van der Waals surface area contributed by atoms with Crippen molar-refractivity contribution in [2.75, 3.05) is 45.9 Å². The maximum absolute atomic E-state index is 13.6. The molecule has 2 aliphatic rings. The second-order valence-corrected chi connectivity index (χ2v) is 7.46. The summed E-state index contributed by atoms with van der Waals surface area (Å²) in [5, 5.41) is 2.80. The van der Waals surface area contributed by atoms with Crippen LogP contribution in [0.15, 0.2) is 36.4 Å². The minimum Gasteiger partial charge on any atom is -0.493 e. The number of hydrogen-bond acceptors (Lipinski definition) is 6. The summed E-state index contributed by atoms with van der Waals surface area (Å²) in [5.74, 6) is -0.217. The van der Waals surface area contributed by atoms with E-state index in [9.17, 15) is 14.4 Å². The molecule has 0 unspecified atom stereocenters. The Balaban J connectivity index is 1.76. The van der Waals surface area contributed by atoms with E-state index < -0.39 is 6.17 Å². The second-order valence-electron chi connectivity index (χ2n) is 7.46. The minimum absolute atomic E-state index is 0.192. The fraction of sp³-hybridized carbons (Fsp3) is 0.348. The van der Waals surface area contributed by atoms with Gasteiger partial charge in [0.1, 0.15) is 12.7 Å². The number of para-hydroxylation sites is 1. The molecule has 0 saturated carbocycles. The van der Waals surface area contributed by atoms with Crippen molar-refractivity contribution in [3.63, 3.8) is 0 Å². The molecule has 0 radical (unpaired) electrons. The lowest BCUT2D eigenvalue weighted by atomic mass is 10.0. The quantitative estimate of drug-likeness (QED) is 0.632. The highest BCUT2D eigenvalue weighted by molar-refractivity contribution is 6.18. The van der Waals surface area contributed by atoms with Gasteiger partial charge in [0.05, 0.1) is 31.0 Å². The van der Waals surface area contributed by atoms with Crippen molar-refractivity contribution in [1.29, 1.82) is 0 Å². The van der Waals surface area contributed by atoms with Gasteiger partial charge >= 0.3 is 0 Å². The Labute approximate surface area is 185 Å². The van der Waals surface area contributed by atoms with Gasteiger partial charge in [-0.05, 0) is 24.6 Å². The van der Waals surface area contributed by atoms with Crippen LogP contribution in [0.4, 0.5) is 5.69 Å². The Kier molecular flexibility index (Phi) is 6.00. The standard InChI is InChI=1S/C23H25N3O6/c1-30-12-6-11-24-18(27)13-25-21-15-9-10-17(31-2)20(32-3)19(15)23(29)26(21)16-8-5-4-7-14(16)22(25)28/h4-5,7-10,21H,6,11-13H2,1-3H3,(H,24,27)/t21-/m1/s1. The van der Waals surface area contributed by atoms with Gasteiger partial charge in [-0.2, -0.15) is 0 Å². The maximum Gasteiger partial charge on any atom is 0.264 e. The number of carbonyl (C=O) groups is 3. The summed E-state index contributed by atoms with van der Waals surface area (Å²) in [7, 11) is 4.56. The zero-order valence-electron chi connectivity index (χ0n) is 18.2. The lowest BCUT2D eigenvalue weighted by Gasteiger charge is -2.40. The van der Waals surface area contributed by atoms with Crippen molar-refractivity contribution >= 4 is 23.4 Å². The molecule has 2 aromatic rings. The summed E-state index contributed by atoms with van der Waals surface area (Å²) in [6, 6.07) is 10.3. The number of nitrogens with one attached hydrogen (secondary N) is 1. The van der Waals surface area contributed by atoms with Crippen LogP contribution in [0.2, 0.25) is 0 Å². The number of ether oxygens (including phenoxy) is 3. The zero-order chi connectivity index (χ0) is 22.8. The van der Waals surface area contributed by atoms with Crippen LogP contribution in [0.5, 0.6) is 11.5 Å². The molecule has 9 heteroatoms. The monoisotopic (exact) mass is 439 g/mol. The molecule has 2 aromatic carbocycles. The number of amides is 3. The zero-order valence-corrected chi connectivity index (χ0v) is 18.2. The number of nitrogens with zero attached hydrogens (tertiary/aromatic N) is 2. The van der Waals surface area contributed by atoms with Crippen LogP contribution >= 0.6 is 0 Å². The van der Waals surface area contributed by atoms with Crippen molar-refractivity contribution in [3.8, 4) is 11.5 Å². The second kappa shape index (κ2) is 8.88. The summed E-state index contributed by atoms with van der Waals surface area (Å²) < 4.78 is 15.9. The predicted octanol–water partition coefficient (Wildman–Crippen LogP) is 1.97. The van der Waals surface area contributed by atoms with E-state index in [0.717, 1.165) is 0 Å². The topological polar surface area (TPSA) is 97.4 Å². The molecule has 1 N–H and O–H groups in total. The first-order chi connectivity index (χ1) is 15.5. The molecular weight excluding hydrogens is 414 g/mol. The number of rotatable bonds is 8. The fourth-order valence-corrected chi connectivity index (χ4v) is 4.24. The molecule has 0 fully saturated rings. The van der Waals surface area contributed by atoms with Gasteiger partial charge in [0.15, 0.2) is 11.5 Å². The van der Waals surface area contributed by atoms with Crippen molar-refractivity contribution in [2.45, 2.75) is 12.6 Å². The molecule has 0 saturated heterocycles. The predicted molar refractivity (Wildman–Crippen MR) is 116 cm³/mol. The SMILES string of the molecule is COCCCNC(=O)CN1C(=O)c2ccccc2N2C(=O)c3c(ccc(OC)c3OC)[C@H]12. The van der Waals surface area contributed by atoms with Crippen LogP contribution in [0, 0.1) is 0 Å². The van der Waals surface area contributed by atoms with Crippen molar-refractivity contribution in [1.82, 2.24) is 10.2 Å². The van der Waals surface area contributed by atoms with Crippen LogP contribution in [-0.4, -0.2) is 63.6 Å². The van der Waals surface area contributed by atoms with Crippen LogP contribution in [-0.2, 0) is 9.53 Å². The molecule has 4 rings (SSSR count). The van der Waals surface area contributed by atoms with E-state index in [4.69, 9.17) is 14.2 Å². The lowest BCUT2D eigenvalue weighted by molar-refractivity contribution is -0.122. The number of carbonyl (C=O) groups excluding carboxylic acids is 3. The highest BCUT2D eigenvalue weighted by Crippen LogP contribution is 2.49. The number of benzene rings is 2. The Morgan fingerprint density at radius 3 is 2.53 bits per heavy atom. The van der Waals surface area contributed by atoms with Crippen LogP contribution in [0.25, 0.3) is 0 Å². The molecular formula is C23H25N3O6. The van der Waals surface area contributed by atoms with Crippen molar-refractivity contribution in [3.05, 3.63) is 53.1 Å². The van der Waals surface area contributed by atoms with E-state index in [1.54, 1.807) is 48.4 Å². The molecule has 0 aromatic heterocycles. The van der Waals surface area contributed by atoms with Gasteiger partial charge in [-0.15, -0.1) is 0 Å². The van der Waals surface area contributed by atoms with Gasteiger partial charge in [0, 0.05) is 25.8 Å². The average Bonchev–Trinajstić information content (AvgIpc) is 3.11.